The van der Waals surface area contributed by atoms with Crippen molar-refractivity contribution < 1.29 is 23.3 Å². The smallest absolute Gasteiger partial charge is 0.00658 e. The number of thiophene rings is 1. The van der Waals surface area contributed by atoms with E-state index in [-0.39, 0.29) is 5.43 Å². The third kappa shape index (κ3) is 7.41. The van der Waals surface area contributed by atoms with E-state index in [1.807, 2.05) is 11.3 Å². The van der Waals surface area contributed by atoms with Gasteiger partial charge in [-0.2, -0.15) is 17.4 Å². The average molecular weight is 642 g/mol. The normalized spacial score (nSPS) is 10.6. The molecule has 0 amide bonds. The molecule has 0 saturated heterocycles. The van der Waals surface area contributed by atoms with Crippen LogP contribution in [0.2, 0.25) is 13.1 Å². The fourth-order valence-electron chi connectivity index (χ4n) is 5.09. The third-order valence-corrected chi connectivity index (χ3v) is 7.89. The van der Waals surface area contributed by atoms with Gasteiger partial charge in [-0.25, -0.2) is 0 Å². The van der Waals surface area contributed by atoms with Crippen LogP contribution < -0.4 is 0 Å². The van der Waals surface area contributed by atoms with Crippen molar-refractivity contribution in [2.45, 2.75) is 26.9 Å². The summed E-state index contributed by atoms with van der Waals surface area (Å²) in [5.74, 6) is 0. The Morgan fingerprint density at radius 3 is 1.61 bits per heavy atom. The van der Waals surface area contributed by atoms with Crippen LogP contribution in [0, 0.1) is 13.8 Å². The Bertz CT molecular complexity index is 1880. The van der Waals surface area contributed by atoms with E-state index in [9.17, 15) is 0 Å². The van der Waals surface area contributed by atoms with E-state index in [0.29, 0.717) is 0 Å². The van der Waals surface area contributed by atoms with Gasteiger partial charge in [-0.05, 0) is 27.8 Å². The summed E-state index contributed by atoms with van der Waals surface area (Å²) < 4.78 is 0. The quantitative estimate of drug-likeness (QED) is 0.133. The minimum atomic E-state index is 0.210. The van der Waals surface area contributed by atoms with Gasteiger partial charge in [0.25, 0.3) is 0 Å². The molecular weight excluding hydrogens is 608 g/mol. The van der Waals surface area contributed by atoms with Crippen molar-refractivity contribution in [3.63, 3.8) is 0 Å². The molecule has 0 aliphatic heterocycles. The van der Waals surface area contributed by atoms with E-state index >= 15 is 0 Å². The largest absolute Gasteiger partial charge is 0.182 e. The van der Waals surface area contributed by atoms with E-state index < -0.39 is 0 Å². The summed E-state index contributed by atoms with van der Waals surface area (Å²) in [6.07, 6.45) is 0. The van der Waals surface area contributed by atoms with Gasteiger partial charge in [0.2, 0.25) is 0 Å². The van der Waals surface area contributed by atoms with Gasteiger partial charge in [-0.15, -0.1) is 69.1 Å². The zero-order valence-electron chi connectivity index (χ0n) is 24.1. The van der Waals surface area contributed by atoms with Gasteiger partial charge in [0, 0.05) is 0 Å². The SMILES string of the molecule is C[Si](C)=[Zr+2].Cc1cc2c(-c3ccccc3)cccc2[cH-]1.Cc1ccc(-c2cc3c(-c4ccccc4)cccc3[cH-]2)s1. The fourth-order valence-corrected chi connectivity index (χ4v) is 5.94. The summed E-state index contributed by atoms with van der Waals surface area (Å²) in [4.78, 5) is 2.71. The first-order valence-electron chi connectivity index (χ1n) is 13.9. The standard InChI is InChI=1S/C20H15S.C16H13.C2H6Si.Zr/c1-14-10-11-20(21-14)17-12-16-8-5-9-18(19(16)13-17)15-6-3-2-4-7-15;1-12-10-14-8-5-9-15(16(14)11-12)13-6-3-2-4-7-13;1-3-2;/h2-13H,1H3;2-11H,1H3;1-2H3;/q2*-1;;+2. The predicted molar refractivity (Wildman–Crippen MR) is 180 cm³/mol. The van der Waals surface area contributed by atoms with Crippen LogP contribution in [-0.2, 0) is 23.3 Å². The van der Waals surface area contributed by atoms with E-state index in [0.717, 1.165) is 0 Å². The third-order valence-electron chi connectivity index (χ3n) is 6.84. The van der Waals surface area contributed by atoms with Crippen molar-refractivity contribution in [3.8, 4) is 32.7 Å². The molecule has 0 aliphatic carbocycles. The first-order chi connectivity index (χ1) is 19.9. The molecule has 1 aromatic heterocycles. The number of benzene rings is 4. The average Bonchev–Trinajstić information content (AvgIpc) is 3.71. The van der Waals surface area contributed by atoms with Crippen LogP contribution in [0.15, 0.2) is 133 Å². The second-order valence-corrected chi connectivity index (χ2v) is 21.2. The first-order valence-corrected chi connectivity index (χ1v) is 20.9. The number of hydrogen-bond acceptors (Lipinski definition) is 1. The molecule has 41 heavy (non-hydrogen) atoms. The van der Waals surface area contributed by atoms with Crippen LogP contribution in [0.4, 0.5) is 0 Å². The second kappa shape index (κ2) is 13.7. The molecule has 0 unspecified atom stereocenters. The molecule has 0 radical (unpaired) electrons. The number of hydrogen-bond donors (Lipinski definition) is 0. The summed E-state index contributed by atoms with van der Waals surface area (Å²) >= 11 is 3.60. The minimum Gasteiger partial charge on any atom is -0.182 e. The summed E-state index contributed by atoms with van der Waals surface area (Å²) in [5, 5.41) is 5.34. The van der Waals surface area contributed by atoms with Gasteiger partial charge in [0.1, 0.15) is 0 Å². The van der Waals surface area contributed by atoms with Crippen LogP contribution in [0.5, 0.6) is 0 Å². The molecule has 7 aromatic rings. The molecule has 3 heteroatoms. The monoisotopic (exact) mass is 640 g/mol. The molecule has 7 rings (SSSR count). The van der Waals surface area contributed by atoms with Crippen LogP contribution in [0.25, 0.3) is 54.2 Å². The molecule has 0 fully saturated rings. The van der Waals surface area contributed by atoms with Crippen molar-refractivity contribution in [1.82, 2.24) is 0 Å². The summed E-state index contributed by atoms with van der Waals surface area (Å²) in [5.41, 5.74) is 8.08. The molecule has 0 aliphatic rings. The van der Waals surface area contributed by atoms with Crippen LogP contribution in [0.3, 0.4) is 0 Å². The Morgan fingerprint density at radius 1 is 0.585 bits per heavy atom. The minimum absolute atomic E-state index is 0.210. The summed E-state index contributed by atoms with van der Waals surface area (Å²) in [6.45, 7) is 8.92. The van der Waals surface area contributed by atoms with Crippen molar-refractivity contribution in [3.05, 3.63) is 144 Å². The first kappa shape index (κ1) is 29.4. The zero-order valence-corrected chi connectivity index (χ0v) is 28.4. The van der Waals surface area contributed by atoms with Gasteiger partial charge in [-0.3, -0.25) is 0 Å². The van der Waals surface area contributed by atoms with Crippen LogP contribution >= 0.6 is 11.3 Å². The zero-order chi connectivity index (χ0) is 28.8. The molecule has 0 saturated carbocycles. The Hall–Kier alpha value is -3.10. The molecule has 200 valence electrons. The van der Waals surface area contributed by atoms with Gasteiger partial charge in [0.05, 0.1) is 0 Å². The van der Waals surface area contributed by atoms with Crippen molar-refractivity contribution in [2.24, 2.45) is 0 Å². The molecule has 0 N–H and O–H groups in total. The fraction of sp³-hybridized carbons (Fsp3) is 0.105. The Kier molecular flexibility index (Phi) is 9.83. The van der Waals surface area contributed by atoms with Crippen molar-refractivity contribution in [1.29, 1.82) is 0 Å². The Balaban J connectivity index is 0.000000150. The molecule has 0 bridgehead atoms. The number of fused-ring (bicyclic) bond motifs is 2. The Morgan fingerprint density at radius 2 is 1.10 bits per heavy atom. The maximum absolute atomic E-state index is 2.32. The Labute approximate surface area is 263 Å². The van der Waals surface area contributed by atoms with E-state index in [1.165, 1.54) is 64.7 Å². The van der Waals surface area contributed by atoms with Crippen LogP contribution in [-0.4, -0.2) is 5.43 Å². The van der Waals surface area contributed by atoms with Gasteiger partial charge < -0.3 is 0 Å². The van der Waals surface area contributed by atoms with E-state index in [2.05, 4.69) is 160 Å². The van der Waals surface area contributed by atoms with Gasteiger partial charge in [-0.1, -0.05) is 109 Å². The van der Waals surface area contributed by atoms with E-state index in [1.54, 1.807) is 23.3 Å². The van der Waals surface area contributed by atoms with Gasteiger partial charge in [0.15, 0.2) is 0 Å². The molecule has 6 aromatic carbocycles. The van der Waals surface area contributed by atoms with Crippen LogP contribution in [0.1, 0.15) is 10.4 Å². The van der Waals surface area contributed by atoms with Crippen molar-refractivity contribution >= 4 is 38.3 Å². The summed E-state index contributed by atoms with van der Waals surface area (Å²) in [7, 11) is 0. The molecule has 1 heterocycles. The predicted octanol–water partition coefficient (Wildman–Crippen LogP) is 11.6. The summed E-state index contributed by atoms with van der Waals surface area (Å²) in [6, 6.07) is 47.8. The topological polar surface area (TPSA) is 0 Å². The molecular formula is C38H34SSiZr. The second-order valence-electron chi connectivity index (χ2n) is 10.5. The molecule has 0 spiro atoms. The van der Waals surface area contributed by atoms with E-state index in [4.69, 9.17) is 0 Å². The maximum atomic E-state index is 2.32. The van der Waals surface area contributed by atoms with Gasteiger partial charge >= 0.3 is 41.9 Å². The maximum Gasteiger partial charge on any atom is -0.00658 e. The molecule has 0 nitrogen and oxygen atoms in total. The number of aryl methyl sites for hydroxylation is 2. The number of rotatable bonds is 3. The van der Waals surface area contributed by atoms with Crippen molar-refractivity contribution in [2.75, 3.05) is 0 Å². The molecule has 0 atom stereocenters.